The summed E-state index contributed by atoms with van der Waals surface area (Å²) in [5, 5.41) is 11.6. The van der Waals surface area contributed by atoms with Crippen LogP contribution in [0.2, 0.25) is 5.02 Å². The molecule has 2 aromatic carbocycles. The Morgan fingerprint density at radius 3 is 2.70 bits per heavy atom. The highest BCUT2D eigenvalue weighted by Crippen LogP contribution is 2.36. The van der Waals surface area contributed by atoms with Gasteiger partial charge in [-0.05, 0) is 49.7 Å². The van der Waals surface area contributed by atoms with Crippen LogP contribution in [0.15, 0.2) is 80.1 Å². The van der Waals surface area contributed by atoms with Crippen molar-refractivity contribution in [2.75, 3.05) is 13.7 Å². The predicted octanol–water partition coefficient (Wildman–Crippen LogP) is 3.08. The van der Waals surface area contributed by atoms with Gasteiger partial charge in [0.1, 0.15) is 23.3 Å². The molecule has 1 atom stereocenters. The number of carboxylic acid groups (broad SMARTS) is 1. The number of halogens is 1. The smallest absolute Gasteiger partial charge is 0.338 e. The quantitative estimate of drug-likeness (QED) is 0.309. The van der Waals surface area contributed by atoms with Crippen molar-refractivity contribution in [1.82, 2.24) is 4.57 Å². The van der Waals surface area contributed by atoms with Crippen molar-refractivity contribution in [2.45, 2.75) is 19.9 Å². The number of fused-ring (bicyclic) bond motifs is 1. The van der Waals surface area contributed by atoms with Crippen LogP contribution in [0.1, 0.15) is 41.6 Å². The molecular weight excluding hydrogens is 556 g/mol. The molecule has 11 heteroatoms. The van der Waals surface area contributed by atoms with E-state index >= 15 is 0 Å². The molecule has 5 rings (SSSR count). The van der Waals surface area contributed by atoms with Crippen LogP contribution in [0.4, 0.5) is 0 Å². The van der Waals surface area contributed by atoms with Crippen molar-refractivity contribution in [3.05, 3.63) is 107 Å². The third kappa shape index (κ3) is 4.87. The number of para-hydroxylation sites is 1. The first-order chi connectivity index (χ1) is 19.2. The normalized spacial score (nSPS) is 15.0. The number of thiazole rings is 1. The average Bonchev–Trinajstić information content (AvgIpc) is 3.52. The fourth-order valence-electron chi connectivity index (χ4n) is 4.52. The second-order valence-electron chi connectivity index (χ2n) is 8.73. The molecule has 0 N–H and O–H groups in total. The Hall–Kier alpha value is -4.41. The molecule has 204 valence electrons. The third-order valence-corrected chi connectivity index (χ3v) is 7.63. The summed E-state index contributed by atoms with van der Waals surface area (Å²) in [6, 6.07) is 13.8. The Morgan fingerprint density at radius 1 is 1.20 bits per heavy atom. The molecule has 0 saturated carbocycles. The monoisotopic (exact) mass is 577 g/mol. The number of aromatic carboxylic acids is 1. The van der Waals surface area contributed by atoms with Crippen LogP contribution < -0.4 is 24.7 Å². The van der Waals surface area contributed by atoms with Crippen LogP contribution in [-0.2, 0) is 9.53 Å². The fourth-order valence-corrected chi connectivity index (χ4v) is 5.76. The zero-order valence-electron chi connectivity index (χ0n) is 21.6. The van der Waals surface area contributed by atoms with Crippen molar-refractivity contribution in [3.63, 3.8) is 0 Å². The highest BCUT2D eigenvalue weighted by molar-refractivity contribution is 7.07. The molecule has 0 saturated heterocycles. The van der Waals surface area contributed by atoms with Gasteiger partial charge in [0, 0.05) is 17.2 Å². The van der Waals surface area contributed by atoms with Crippen molar-refractivity contribution in [3.8, 4) is 17.1 Å². The van der Waals surface area contributed by atoms with Gasteiger partial charge in [0.15, 0.2) is 4.80 Å². The Kier molecular flexibility index (Phi) is 7.46. The minimum atomic E-state index is -1.34. The number of hydrogen-bond acceptors (Lipinski definition) is 9. The summed E-state index contributed by atoms with van der Waals surface area (Å²) in [5.41, 5.74) is 1.23. The number of benzene rings is 2. The number of rotatable bonds is 7. The largest absolute Gasteiger partial charge is 0.545 e. The maximum atomic E-state index is 13.8. The molecule has 2 aromatic heterocycles. The number of aromatic nitrogens is 1. The first-order valence-corrected chi connectivity index (χ1v) is 13.4. The first kappa shape index (κ1) is 27.2. The number of esters is 1. The number of carbonyl (C=O) groups excluding carboxylic acids is 2. The molecule has 0 amide bonds. The summed E-state index contributed by atoms with van der Waals surface area (Å²) < 4.78 is 18.6. The minimum absolute atomic E-state index is 0.0465. The van der Waals surface area contributed by atoms with Gasteiger partial charge in [-0.1, -0.05) is 47.2 Å². The van der Waals surface area contributed by atoms with E-state index in [0.717, 1.165) is 11.3 Å². The third-order valence-electron chi connectivity index (χ3n) is 6.32. The van der Waals surface area contributed by atoms with Gasteiger partial charge in [-0.3, -0.25) is 9.36 Å². The van der Waals surface area contributed by atoms with E-state index in [1.807, 2.05) is 0 Å². The highest BCUT2D eigenvalue weighted by Gasteiger charge is 2.35. The Bertz CT molecular complexity index is 1870. The lowest BCUT2D eigenvalue weighted by molar-refractivity contribution is -0.255. The fraction of sp³-hybridized carbons (Fsp3) is 0.172. The molecule has 0 unspecified atom stereocenters. The Balaban J connectivity index is 1.65. The zero-order chi connectivity index (χ0) is 28.6. The molecule has 0 spiro atoms. The van der Waals surface area contributed by atoms with Crippen LogP contribution >= 0.6 is 22.9 Å². The highest BCUT2D eigenvalue weighted by atomic mass is 35.5. The summed E-state index contributed by atoms with van der Waals surface area (Å²) >= 11 is 7.42. The second kappa shape index (κ2) is 11.0. The molecule has 3 heterocycles. The molecule has 1 aliphatic rings. The molecule has 0 aliphatic carbocycles. The lowest BCUT2D eigenvalue weighted by Gasteiger charge is -2.25. The van der Waals surface area contributed by atoms with E-state index in [0.29, 0.717) is 48.5 Å². The molecule has 1 aliphatic heterocycles. The van der Waals surface area contributed by atoms with Crippen LogP contribution in [0.3, 0.4) is 0 Å². The number of allylic oxidation sites excluding steroid dienone is 1. The van der Waals surface area contributed by atoms with Gasteiger partial charge in [-0.2, -0.15) is 0 Å². The van der Waals surface area contributed by atoms with Crippen molar-refractivity contribution in [2.24, 2.45) is 4.99 Å². The van der Waals surface area contributed by atoms with Crippen LogP contribution in [0.25, 0.3) is 17.4 Å². The van der Waals surface area contributed by atoms with Crippen LogP contribution in [-0.4, -0.2) is 30.2 Å². The molecule has 0 radical (unpaired) electrons. The number of nitrogens with zero attached hydrogens (tertiary/aromatic N) is 2. The number of carboxylic acids is 1. The molecule has 0 bridgehead atoms. The number of methoxy groups -OCH3 is 1. The molecule has 9 nitrogen and oxygen atoms in total. The van der Waals surface area contributed by atoms with Gasteiger partial charge in [0.25, 0.3) is 5.56 Å². The van der Waals surface area contributed by atoms with Gasteiger partial charge in [0.05, 0.1) is 40.5 Å². The molecule has 40 heavy (non-hydrogen) atoms. The SMILES string of the molecule is CCOC(=O)C1=C(C)N=c2s/c(=C\c3ccc(-c4cc(C(=O)[O-])ccc4Cl)o3)c(=O)n2[C@@H]1c1ccccc1OC. The topological polar surface area (TPSA) is 123 Å². The first-order valence-electron chi connectivity index (χ1n) is 12.2. The zero-order valence-corrected chi connectivity index (χ0v) is 23.2. The maximum Gasteiger partial charge on any atom is 0.338 e. The summed E-state index contributed by atoms with van der Waals surface area (Å²) in [6.07, 6.45) is 1.56. The van der Waals surface area contributed by atoms with E-state index in [1.165, 1.54) is 29.9 Å². The number of furan rings is 1. The average molecular weight is 578 g/mol. The van der Waals surface area contributed by atoms with Crippen molar-refractivity contribution >= 4 is 41.0 Å². The predicted molar refractivity (Wildman–Crippen MR) is 147 cm³/mol. The van der Waals surface area contributed by atoms with E-state index < -0.39 is 18.0 Å². The lowest BCUT2D eigenvalue weighted by Crippen LogP contribution is -2.40. The number of hydrogen-bond donors (Lipinski definition) is 0. The van der Waals surface area contributed by atoms with Crippen LogP contribution in [0.5, 0.6) is 5.75 Å². The number of carbonyl (C=O) groups is 2. The van der Waals surface area contributed by atoms with Crippen molar-refractivity contribution < 1.29 is 28.6 Å². The molecule has 0 fully saturated rings. The maximum absolute atomic E-state index is 13.8. The molecule has 4 aromatic rings. The number of ether oxygens (including phenoxy) is 2. The summed E-state index contributed by atoms with van der Waals surface area (Å²) in [7, 11) is 1.52. The van der Waals surface area contributed by atoms with Gasteiger partial charge in [0.2, 0.25) is 0 Å². The van der Waals surface area contributed by atoms with Crippen LogP contribution in [0, 0.1) is 0 Å². The van der Waals surface area contributed by atoms with E-state index in [9.17, 15) is 19.5 Å². The lowest BCUT2D eigenvalue weighted by atomic mass is 9.95. The van der Waals surface area contributed by atoms with Crippen molar-refractivity contribution in [1.29, 1.82) is 0 Å². The summed E-state index contributed by atoms with van der Waals surface area (Å²) in [6.45, 7) is 3.57. The second-order valence-corrected chi connectivity index (χ2v) is 10.1. The Morgan fingerprint density at radius 2 is 1.98 bits per heavy atom. The van der Waals surface area contributed by atoms with Gasteiger partial charge in [-0.25, -0.2) is 9.79 Å². The van der Waals surface area contributed by atoms with E-state index in [-0.39, 0.29) is 23.3 Å². The standard InChI is InChI=1S/C29H23ClN2O7S/c1-4-38-28(36)24-15(2)31-29-32(25(24)18-7-5-6-8-21(18)37-3)26(33)23(40-29)14-17-10-12-22(39-17)19-13-16(27(34)35)9-11-20(19)30/h5-14,25H,4H2,1-3H3,(H,34,35)/p-1/b23-14-/t25-/m1/s1. The van der Waals surface area contributed by atoms with Gasteiger partial charge < -0.3 is 23.8 Å². The van der Waals surface area contributed by atoms with E-state index in [4.69, 9.17) is 25.5 Å². The summed E-state index contributed by atoms with van der Waals surface area (Å²) in [5.74, 6) is -0.747. The minimum Gasteiger partial charge on any atom is -0.545 e. The van der Waals surface area contributed by atoms with Gasteiger partial charge >= 0.3 is 5.97 Å². The van der Waals surface area contributed by atoms with Gasteiger partial charge in [-0.15, -0.1) is 0 Å². The van der Waals surface area contributed by atoms with E-state index in [1.54, 1.807) is 56.3 Å². The van der Waals surface area contributed by atoms with E-state index in [2.05, 4.69) is 4.99 Å². The Labute approximate surface area is 236 Å². The molecular formula is C29H22ClN2O7S-. The summed E-state index contributed by atoms with van der Waals surface area (Å²) in [4.78, 5) is 43.1.